The van der Waals surface area contributed by atoms with Gasteiger partial charge in [0.15, 0.2) is 6.61 Å². The maximum atomic E-state index is 12.0. The first-order valence-electron chi connectivity index (χ1n) is 6.85. The molecule has 2 rings (SSSR count). The van der Waals surface area contributed by atoms with Crippen molar-refractivity contribution < 1.29 is 37.3 Å². The number of halogens is 3. The minimum absolute atomic E-state index is 0.0211. The van der Waals surface area contributed by atoms with Gasteiger partial charge in [0, 0.05) is 5.69 Å². The largest absolute Gasteiger partial charge is 0.573 e. The Balaban J connectivity index is 1.83. The lowest BCUT2D eigenvalue weighted by atomic mass is 10.2. The zero-order valence-electron chi connectivity index (χ0n) is 12.5. The minimum Gasteiger partial charge on any atom is -0.508 e. The second-order valence-corrected chi connectivity index (χ2v) is 4.74. The van der Waals surface area contributed by atoms with E-state index in [0.29, 0.717) is 0 Å². The van der Waals surface area contributed by atoms with Crippen molar-refractivity contribution in [2.24, 2.45) is 0 Å². The first kappa shape index (κ1) is 18.1. The molecule has 1 amide bonds. The Morgan fingerprint density at radius 3 is 2.16 bits per heavy atom. The summed E-state index contributed by atoms with van der Waals surface area (Å²) in [5.74, 6) is -1.88. The van der Waals surface area contributed by atoms with Crippen LogP contribution in [0.2, 0.25) is 0 Å². The van der Waals surface area contributed by atoms with Crippen molar-refractivity contribution >= 4 is 17.6 Å². The molecule has 2 aromatic carbocycles. The van der Waals surface area contributed by atoms with Crippen molar-refractivity contribution in [2.75, 3.05) is 11.9 Å². The van der Waals surface area contributed by atoms with E-state index in [2.05, 4.69) is 10.1 Å². The summed E-state index contributed by atoms with van der Waals surface area (Å²) in [5.41, 5.74) is 0.361. The summed E-state index contributed by atoms with van der Waals surface area (Å²) in [7, 11) is 0. The summed E-state index contributed by atoms with van der Waals surface area (Å²) >= 11 is 0. The van der Waals surface area contributed by atoms with Gasteiger partial charge in [-0.1, -0.05) is 0 Å². The molecule has 0 aliphatic heterocycles. The number of rotatable bonds is 5. The summed E-state index contributed by atoms with van der Waals surface area (Å²) in [6.45, 7) is -0.583. The van der Waals surface area contributed by atoms with Crippen molar-refractivity contribution in [3.63, 3.8) is 0 Å². The Hall–Kier alpha value is -3.23. The number of hydrogen-bond acceptors (Lipinski definition) is 5. The molecule has 2 aromatic rings. The van der Waals surface area contributed by atoms with E-state index in [9.17, 15) is 22.8 Å². The number of hydrogen-bond donors (Lipinski definition) is 2. The number of amides is 1. The number of benzene rings is 2. The number of ether oxygens (including phenoxy) is 2. The molecule has 0 unspecified atom stereocenters. The van der Waals surface area contributed by atoms with Crippen LogP contribution in [0.1, 0.15) is 10.4 Å². The Morgan fingerprint density at radius 2 is 1.60 bits per heavy atom. The van der Waals surface area contributed by atoms with E-state index in [-0.39, 0.29) is 17.0 Å². The molecule has 0 bridgehead atoms. The Morgan fingerprint density at radius 1 is 1.00 bits per heavy atom. The van der Waals surface area contributed by atoms with Crippen LogP contribution < -0.4 is 10.1 Å². The zero-order valence-corrected chi connectivity index (χ0v) is 12.5. The molecule has 0 atom stereocenters. The molecule has 0 aromatic heterocycles. The highest BCUT2D eigenvalue weighted by atomic mass is 19.4. The lowest BCUT2D eigenvalue weighted by Crippen LogP contribution is -2.21. The second kappa shape index (κ2) is 7.56. The Bertz CT molecular complexity index is 742. The number of aromatic hydroxyl groups is 1. The van der Waals surface area contributed by atoms with Gasteiger partial charge in [0.1, 0.15) is 11.5 Å². The number of esters is 1. The van der Waals surface area contributed by atoms with Crippen LogP contribution in [0.3, 0.4) is 0 Å². The number of nitrogens with one attached hydrogen (secondary N) is 1. The zero-order chi connectivity index (χ0) is 18.4. The summed E-state index contributed by atoms with van der Waals surface area (Å²) in [6, 6.07) is 9.73. The molecule has 0 aliphatic carbocycles. The molecule has 0 saturated carbocycles. The molecular weight excluding hydrogens is 343 g/mol. The van der Waals surface area contributed by atoms with Gasteiger partial charge in [-0.2, -0.15) is 0 Å². The predicted molar refractivity (Wildman–Crippen MR) is 80.1 cm³/mol. The third-order valence-corrected chi connectivity index (χ3v) is 2.81. The molecular formula is C16H12F3NO5. The van der Waals surface area contributed by atoms with Crippen LogP contribution in [-0.2, 0) is 9.53 Å². The van der Waals surface area contributed by atoms with E-state index in [1.165, 1.54) is 36.4 Å². The first-order chi connectivity index (χ1) is 11.7. The maximum Gasteiger partial charge on any atom is 0.573 e. The van der Waals surface area contributed by atoms with Crippen LogP contribution in [0.5, 0.6) is 11.5 Å². The molecule has 0 heterocycles. The van der Waals surface area contributed by atoms with Gasteiger partial charge in [-0.15, -0.1) is 13.2 Å². The maximum absolute atomic E-state index is 12.0. The van der Waals surface area contributed by atoms with Crippen LogP contribution in [0.15, 0.2) is 48.5 Å². The van der Waals surface area contributed by atoms with Crippen LogP contribution in [0.4, 0.5) is 18.9 Å². The molecule has 9 heteroatoms. The Kier molecular flexibility index (Phi) is 5.48. The van der Waals surface area contributed by atoms with Crippen molar-refractivity contribution in [3.05, 3.63) is 54.1 Å². The lowest BCUT2D eigenvalue weighted by Gasteiger charge is -2.10. The number of carbonyl (C=O) groups excluding carboxylic acids is 2. The number of anilines is 1. The van der Waals surface area contributed by atoms with Crippen LogP contribution in [0, 0.1) is 0 Å². The molecule has 2 N–H and O–H groups in total. The average molecular weight is 355 g/mol. The Labute approximate surface area is 139 Å². The van der Waals surface area contributed by atoms with Gasteiger partial charge < -0.3 is 19.9 Å². The topological polar surface area (TPSA) is 84.9 Å². The number of phenolic OH excluding ortho intramolecular Hbond substituents is 1. The van der Waals surface area contributed by atoms with Crippen molar-refractivity contribution in [1.29, 1.82) is 0 Å². The predicted octanol–water partition coefficient (Wildman–Crippen LogP) is 3.09. The molecule has 0 saturated heterocycles. The molecule has 6 nitrogen and oxygen atoms in total. The van der Waals surface area contributed by atoms with Gasteiger partial charge in [-0.3, -0.25) is 4.79 Å². The van der Waals surface area contributed by atoms with Crippen molar-refractivity contribution in [1.82, 2.24) is 0 Å². The quantitative estimate of drug-likeness (QED) is 0.805. The fraction of sp³-hybridized carbons (Fsp3) is 0.125. The highest BCUT2D eigenvalue weighted by molar-refractivity contribution is 5.95. The van der Waals surface area contributed by atoms with E-state index in [4.69, 9.17) is 9.84 Å². The second-order valence-electron chi connectivity index (χ2n) is 4.74. The molecule has 0 radical (unpaired) electrons. The standard InChI is InChI=1S/C16H12F3NO5/c17-16(18,19)25-13-7-3-11(4-8-13)20-14(22)9-24-15(23)10-1-5-12(21)6-2-10/h1-8,21H,9H2,(H,20,22). The summed E-state index contributed by atoms with van der Waals surface area (Å²) in [4.78, 5) is 23.4. The third-order valence-electron chi connectivity index (χ3n) is 2.81. The van der Waals surface area contributed by atoms with E-state index < -0.39 is 30.6 Å². The SMILES string of the molecule is O=C(COC(=O)c1ccc(O)cc1)Nc1ccc(OC(F)(F)F)cc1. The van der Waals surface area contributed by atoms with E-state index >= 15 is 0 Å². The van der Waals surface area contributed by atoms with Crippen LogP contribution in [0.25, 0.3) is 0 Å². The van der Waals surface area contributed by atoms with Gasteiger partial charge in [-0.05, 0) is 48.5 Å². The fourth-order valence-electron chi connectivity index (χ4n) is 1.75. The first-order valence-corrected chi connectivity index (χ1v) is 6.85. The van der Waals surface area contributed by atoms with Gasteiger partial charge in [-0.25, -0.2) is 4.79 Å². The molecule has 25 heavy (non-hydrogen) atoms. The van der Waals surface area contributed by atoms with Gasteiger partial charge in [0.2, 0.25) is 0 Å². The normalized spacial score (nSPS) is 10.8. The van der Waals surface area contributed by atoms with Gasteiger partial charge in [0.25, 0.3) is 5.91 Å². The van der Waals surface area contributed by atoms with E-state index in [0.717, 1.165) is 12.1 Å². The molecule has 0 spiro atoms. The van der Waals surface area contributed by atoms with Gasteiger partial charge >= 0.3 is 12.3 Å². The lowest BCUT2D eigenvalue weighted by molar-refractivity contribution is -0.274. The van der Waals surface area contributed by atoms with Crippen LogP contribution >= 0.6 is 0 Å². The number of carbonyl (C=O) groups is 2. The van der Waals surface area contributed by atoms with Crippen molar-refractivity contribution in [3.8, 4) is 11.5 Å². The van der Waals surface area contributed by atoms with Crippen LogP contribution in [-0.4, -0.2) is 30.0 Å². The number of phenols is 1. The minimum atomic E-state index is -4.80. The fourth-order valence-corrected chi connectivity index (χ4v) is 1.75. The summed E-state index contributed by atoms with van der Waals surface area (Å²) in [5, 5.41) is 11.5. The number of alkyl halides is 3. The van der Waals surface area contributed by atoms with E-state index in [1.807, 2.05) is 0 Å². The molecule has 132 valence electrons. The average Bonchev–Trinajstić information content (AvgIpc) is 2.54. The van der Waals surface area contributed by atoms with Crippen molar-refractivity contribution in [2.45, 2.75) is 6.36 Å². The monoisotopic (exact) mass is 355 g/mol. The molecule has 0 fully saturated rings. The van der Waals surface area contributed by atoms with Gasteiger partial charge in [0.05, 0.1) is 5.56 Å². The van der Waals surface area contributed by atoms with E-state index in [1.54, 1.807) is 0 Å². The highest BCUT2D eigenvalue weighted by Gasteiger charge is 2.30. The smallest absolute Gasteiger partial charge is 0.508 e. The third kappa shape index (κ3) is 6.05. The summed E-state index contributed by atoms with van der Waals surface area (Å²) in [6.07, 6.45) is -4.80. The highest BCUT2D eigenvalue weighted by Crippen LogP contribution is 2.23. The summed E-state index contributed by atoms with van der Waals surface area (Å²) < 4.78 is 44.6. The molecule has 0 aliphatic rings.